The summed E-state index contributed by atoms with van der Waals surface area (Å²) in [7, 11) is 1.49. The molecule has 2 aromatic carbocycles. The summed E-state index contributed by atoms with van der Waals surface area (Å²) in [6, 6.07) is 10.6. The molecule has 0 bridgehead atoms. The number of likely N-dealkylation sites (tertiary alicyclic amines) is 1. The van der Waals surface area contributed by atoms with Gasteiger partial charge in [-0.1, -0.05) is 24.3 Å². The number of hydrogen-bond donors (Lipinski definition) is 4. The average molecular weight is 932 g/mol. The van der Waals surface area contributed by atoms with Crippen LogP contribution in [-0.4, -0.2) is 139 Å². The number of hydrogen-bond acceptors (Lipinski definition) is 14. The van der Waals surface area contributed by atoms with Gasteiger partial charge in [0.2, 0.25) is 11.8 Å². The summed E-state index contributed by atoms with van der Waals surface area (Å²) in [5.74, 6) is -0.451. The molecule has 5 rings (SSSR count). The van der Waals surface area contributed by atoms with Crippen molar-refractivity contribution < 1.29 is 57.1 Å². The van der Waals surface area contributed by atoms with Crippen LogP contribution in [0.3, 0.4) is 0 Å². The van der Waals surface area contributed by atoms with Crippen LogP contribution in [0.4, 0.5) is 14.9 Å². The number of nitrogens with zero attached hydrogens (tertiary/aromatic N) is 2. The van der Waals surface area contributed by atoms with Gasteiger partial charge in [-0.25, -0.2) is 14.2 Å². The SMILES string of the molecule is COc1cc(OCCOCCOCCOCCSC(C)(C)[C@H](NC(=O)C2(F)CC2)C(=O)N2C[C@H](O)C[C@H]2C(=O)NCc2ccc(-c3scnc3C)cc2)ccc1NC(=O)OC(C)(C)C. The summed E-state index contributed by atoms with van der Waals surface area (Å²) in [4.78, 5) is 59.6. The molecular formula is C45H62FN5O11S2. The molecule has 0 unspecified atom stereocenters. The Balaban J connectivity index is 1.00. The first-order valence-corrected chi connectivity index (χ1v) is 23.2. The molecule has 0 spiro atoms. The number of aromatic nitrogens is 1. The van der Waals surface area contributed by atoms with Gasteiger partial charge in [0.15, 0.2) is 5.67 Å². The normalized spacial score (nSPS) is 17.4. The highest BCUT2D eigenvalue weighted by Crippen LogP contribution is 2.41. The number of ether oxygens (including phenoxy) is 6. The van der Waals surface area contributed by atoms with Gasteiger partial charge in [-0.3, -0.25) is 19.7 Å². The molecule has 1 aliphatic carbocycles. The lowest BCUT2D eigenvalue weighted by Crippen LogP contribution is -2.61. The molecule has 3 atom stereocenters. The Hall–Kier alpha value is -4.53. The number of amides is 4. The minimum Gasteiger partial charge on any atom is -0.494 e. The summed E-state index contributed by atoms with van der Waals surface area (Å²) >= 11 is 2.93. The molecule has 2 aliphatic rings. The fourth-order valence-corrected chi connectivity index (χ4v) is 8.61. The van der Waals surface area contributed by atoms with E-state index >= 15 is 0 Å². The highest BCUT2D eigenvalue weighted by atomic mass is 32.2. The molecule has 2 heterocycles. The number of aryl methyl sites for hydroxylation is 1. The minimum atomic E-state index is -2.02. The quantitative estimate of drug-likeness (QED) is 0.0803. The zero-order valence-corrected chi connectivity index (χ0v) is 39.3. The minimum absolute atomic E-state index is 0.0308. The third-order valence-corrected chi connectivity index (χ3v) is 12.7. The Morgan fingerprint density at radius 3 is 2.23 bits per heavy atom. The second-order valence-corrected chi connectivity index (χ2v) is 19.7. The van der Waals surface area contributed by atoms with Crippen LogP contribution in [0.25, 0.3) is 10.4 Å². The molecule has 1 saturated heterocycles. The number of methoxy groups -OCH3 is 1. The van der Waals surface area contributed by atoms with Crippen molar-refractivity contribution >= 4 is 52.6 Å². The topological polar surface area (TPSA) is 196 Å². The maximum atomic E-state index is 14.9. The van der Waals surface area contributed by atoms with Gasteiger partial charge in [-0.15, -0.1) is 11.3 Å². The van der Waals surface area contributed by atoms with Gasteiger partial charge in [0.1, 0.15) is 35.8 Å². The molecule has 2 fully saturated rings. The highest BCUT2D eigenvalue weighted by Gasteiger charge is 2.54. The van der Waals surface area contributed by atoms with Crippen molar-refractivity contribution in [2.24, 2.45) is 0 Å². The molecule has 4 amide bonds. The Morgan fingerprint density at radius 2 is 1.62 bits per heavy atom. The third kappa shape index (κ3) is 15.0. The third-order valence-electron chi connectivity index (χ3n) is 10.4. The number of carbonyl (C=O) groups excluding carboxylic acids is 4. The Morgan fingerprint density at radius 1 is 0.969 bits per heavy atom. The van der Waals surface area contributed by atoms with E-state index in [1.807, 2.05) is 31.2 Å². The number of thiazole rings is 1. The van der Waals surface area contributed by atoms with E-state index < -0.39 is 58.0 Å². The average Bonchev–Trinajstić information content (AvgIpc) is 3.65. The lowest BCUT2D eigenvalue weighted by atomic mass is 10.00. The fourth-order valence-electron chi connectivity index (χ4n) is 6.75. The molecule has 19 heteroatoms. The Bertz CT molecular complexity index is 2030. The number of carbonyl (C=O) groups is 4. The number of thioether (sulfide) groups is 1. The van der Waals surface area contributed by atoms with Crippen LogP contribution >= 0.6 is 23.1 Å². The molecule has 3 aromatic rings. The van der Waals surface area contributed by atoms with Crippen molar-refractivity contribution in [3.8, 4) is 21.9 Å². The van der Waals surface area contributed by atoms with E-state index in [1.54, 1.807) is 69.7 Å². The standard InChI is InChI=1S/C45H62FN5O11S2/c1-29-37(63-28-48-29)31-10-8-30(9-11-31)26-47-39(53)35-24-32(52)27-51(35)40(54)38(50-41(55)45(46)14-15-45)44(5,6)64-23-22-60-19-18-58-16-17-59-20-21-61-33-12-13-34(36(25-33)57-7)49-42(56)62-43(2,3)4/h8-13,25,28,32,35,38,52H,14-24,26-27H2,1-7H3,(H,47,53)(H,49,56)(H,50,55)/t32-,35+,38-/m1/s1. The molecule has 64 heavy (non-hydrogen) atoms. The van der Waals surface area contributed by atoms with Gasteiger partial charge in [0.25, 0.3) is 5.91 Å². The highest BCUT2D eigenvalue weighted by molar-refractivity contribution is 8.00. The predicted octanol–water partition coefficient (Wildman–Crippen LogP) is 5.68. The van der Waals surface area contributed by atoms with Crippen LogP contribution in [0.15, 0.2) is 48.0 Å². The molecule has 1 aliphatic heterocycles. The van der Waals surface area contributed by atoms with E-state index in [2.05, 4.69) is 20.9 Å². The van der Waals surface area contributed by atoms with E-state index in [1.165, 1.54) is 23.8 Å². The van der Waals surface area contributed by atoms with Crippen molar-refractivity contribution in [3.05, 3.63) is 59.2 Å². The number of β-amino-alcohol motifs (C(OH)–C–C–N with tert-alkyl or cyclic N) is 1. The number of alkyl halides is 1. The number of rotatable bonds is 24. The first-order valence-electron chi connectivity index (χ1n) is 21.3. The van der Waals surface area contributed by atoms with Crippen LogP contribution in [0, 0.1) is 6.92 Å². The zero-order valence-electron chi connectivity index (χ0n) is 37.7. The van der Waals surface area contributed by atoms with Crippen molar-refractivity contribution in [3.63, 3.8) is 0 Å². The molecule has 0 radical (unpaired) electrons. The van der Waals surface area contributed by atoms with E-state index in [4.69, 9.17) is 28.4 Å². The summed E-state index contributed by atoms with van der Waals surface area (Å²) in [6.07, 6.45) is -1.36. The molecule has 352 valence electrons. The predicted molar refractivity (Wildman–Crippen MR) is 243 cm³/mol. The van der Waals surface area contributed by atoms with Crippen LogP contribution in [-0.2, 0) is 39.9 Å². The molecule has 4 N–H and O–H groups in total. The van der Waals surface area contributed by atoms with Gasteiger partial charge in [-0.05, 0) is 77.6 Å². The second kappa shape index (κ2) is 23.1. The van der Waals surface area contributed by atoms with E-state index in [0.29, 0.717) is 62.6 Å². The van der Waals surface area contributed by atoms with E-state index in [0.717, 1.165) is 21.7 Å². The lowest BCUT2D eigenvalue weighted by Gasteiger charge is -2.37. The number of benzene rings is 2. The van der Waals surface area contributed by atoms with Gasteiger partial charge in [-0.2, -0.15) is 11.8 Å². The number of anilines is 1. The van der Waals surface area contributed by atoms with Crippen LogP contribution < -0.4 is 25.4 Å². The number of nitrogens with one attached hydrogen (secondary N) is 3. The van der Waals surface area contributed by atoms with Crippen molar-refractivity contribution in [1.82, 2.24) is 20.5 Å². The van der Waals surface area contributed by atoms with Crippen LogP contribution in [0.5, 0.6) is 11.5 Å². The van der Waals surface area contributed by atoms with E-state index in [-0.39, 0.29) is 39.0 Å². The second-order valence-electron chi connectivity index (χ2n) is 17.1. The number of aliphatic hydroxyl groups is 1. The first kappa shape index (κ1) is 50.5. The largest absolute Gasteiger partial charge is 0.494 e. The summed E-state index contributed by atoms with van der Waals surface area (Å²) in [5, 5.41) is 18.9. The van der Waals surface area contributed by atoms with Gasteiger partial charge < -0.3 is 49.1 Å². The van der Waals surface area contributed by atoms with Crippen molar-refractivity contribution in [1.29, 1.82) is 0 Å². The van der Waals surface area contributed by atoms with Crippen LogP contribution in [0.1, 0.15) is 65.1 Å². The molecule has 1 aromatic heterocycles. The van der Waals surface area contributed by atoms with Crippen molar-refractivity contribution in [2.75, 3.05) is 71.0 Å². The summed E-state index contributed by atoms with van der Waals surface area (Å²) in [6.45, 7) is 13.2. The monoisotopic (exact) mass is 931 g/mol. The Kier molecular flexibility index (Phi) is 18.2. The fraction of sp³-hybridized carbons (Fsp3) is 0.578. The molecule has 16 nitrogen and oxygen atoms in total. The summed E-state index contributed by atoms with van der Waals surface area (Å²) < 4.78 is 47.4. The molecular weight excluding hydrogens is 870 g/mol. The lowest BCUT2D eigenvalue weighted by molar-refractivity contribution is -0.143. The zero-order chi connectivity index (χ0) is 46.5. The van der Waals surface area contributed by atoms with Crippen LogP contribution in [0.2, 0.25) is 0 Å². The maximum Gasteiger partial charge on any atom is 0.412 e. The number of halogens is 1. The molecule has 1 saturated carbocycles. The first-order chi connectivity index (χ1) is 30.4. The van der Waals surface area contributed by atoms with Gasteiger partial charge in [0, 0.05) is 36.1 Å². The van der Waals surface area contributed by atoms with Gasteiger partial charge in [0.05, 0.1) is 74.6 Å². The smallest absolute Gasteiger partial charge is 0.412 e. The number of aliphatic hydroxyl groups excluding tert-OH is 1. The Labute approximate surface area is 382 Å². The van der Waals surface area contributed by atoms with Gasteiger partial charge >= 0.3 is 6.09 Å². The maximum absolute atomic E-state index is 14.9. The van der Waals surface area contributed by atoms with E-state index in [9.17, 15) is 28.7 Å². The van der Waals surface area contributed by atoms with Crippen molar-refractivity contribution in [2.45, 2.75) is 102 Å². The summed E-state index contributed by atoms with van der Waals surface area (Å²) in [5.41, 5.74) is 2.42.